The van der Waals surface area contributed by atoms with Gasteiger partial charge in [-0.15, -0.1) is 0 Å². The topological polar surface area (TPSA) is 49.8 Å². The normalized spacial score (nSPS) is 19.2. The smallest absolute Gasteiger partial charge is 0.337 e. The van der Waals surface area contributed by atoms with E-state index in [1.165, 1.54) is 12.1 Å². The van der Waals surface area contributed by atoms with Crippen molar-refractivity contribution >= 4 is 11.7 Å². The number of aromatic carboxylic acids is 1. The van der Waals surface area contributed by atoms with E-state index in [2.05, 4.69) is 0 Å². The summed E-state index contributed by atoms with van der Waals surface area (Å²) in [6.45, 7) is 1.37. The molecular weight excluding hydrogens is 249 g/mol. The number of benzene rings is 1. The van der Waals surface area contributed by atoms with E-state index in [9.17, 15) is 9.18 Å². The molecule has 1 atom stereocenters. The lowest BCUT2D eigenvalue weighted by Crippen LogP contribution is -2.34. The second-order valence-corrected chi connectivity index (χ2v) is 4.84. The zero-order valence-electron chi connectivity index (χ0n) is 10.9. The molecule has 0 aromatic heterocycles. The van der Waals surface area contributed by atoms with Crippen molar-refractivity contribution in [3.8, 4) is 0 Å². The summed E-state index contributed by atoms with van der Waals surface area (Å²) in [5.74, 6) is -1.66. The first-order chi connectivity index (χ1) is 9.08. The average Bonchev–Trinajstić information content (AvgIpc) is 2.39. The van der Waals surface area contributed by atoms with Crippen LogP contribution in [0.15, 0.2) is 18.2 Å². The summed E-state index contributed by atoms with van der Waals surface area (Å²) in [6, 6.07) is 3.83. The van der Waals surface area contributed by atoms with Gasteiger partial charge in [-0.05, 0) is 37.5 Å². The number of hydrogen-bond acceptors (Lipinski definition) is 3. The van der Waals surface area contributed by atoms with Crippen molar-refractivity contribution in [2.24, 2.45) is 0 Å². The molecule has 1 heterocycles. The molecule has 0 aliphatic carbocycles. The molecule has 1 unspecified atom stereocenters. The van der Waals surface area contributed by atoms with Crippen molar-refractivity contribution in [1.82, 2.24) is 0 Å². The van der Waals surface area contributed by atoms with Gasteiger partial charge in [0.2, 0.25) is 0 Å². The van der Waals surface area contributed by atoms with E-state index in [0.717, 1.165) is 31.9 Å². The molecule has 2 rings (SSSR count). The number of ether oxygens (including phenoxy) is 1. The van der Waals surface area contributed by atoms with Crippen molar-refractivity contribution in [2.45, 2.75) is 25.4 Å². The number of carbonyl (C=O) groups is 1. The van der Waals surface area contributed by atoms with Gasteiger partial charge in [-0.1, -0.05) is 0 Å². The summed E-state index contributed by atoms with van der Waals surface area (Å²) < 4.78 is 18.8. The molecule has 4 nitrogen and oxygen atoms in total. The largest absolute Gasteiger partial charge is 0.478 e. The molecule has 1 N–H and O–H groups in total. The van der Waals surface area contributed by atoms with Crippen LogP contribution in [0.1, 0.15) is 29.6 Å². The summed E-state index contributed by atoms with van der Waals surface area (Å²) in [4.78, 5) is 13.0. The highest BCUT2D eigenvalue weighted by Crippen LogP contribution is 2.23. The second-order valence-electron chi connectivity index (χ2n) is 4.84. The molecule has 1 aliphatic rings. The SMILES string of the molecule is CN(CC1CCCCO1)c1ccc(F)cc1C(=O)O. The molecule has 0 amide bonds. The molecule has 0 radical (unpaired) electrons. The molecule has 0 bridgehead atoms. The number of carboxylic acid groups (broad SMARTS) is 1. The van der Waals surface area contributed by atoms with Gasteiger partial charge in [-0.2, -0.15) is 0 Å². The number of hydrogen-bond donors (Lipinski definition) is 1. The van der Waals surface area contributed by atoms with Crippen molar-refractivity contribution in [1.29, 1.82) is 0 Å². The van der Waals surface area contributed by atoms with E-state index in [4.69, 9.17) is 9.84 Å². The summed E-state index contributed by atoms with van der Waals surface area (Å²) in [7, 11) is 1.80. The fraction of sp³-hybridized carbons (Fsp3) is 0.500. The number of nitrogens with zero attached hydrogens (tertiary/aromatic N) is 1. The lowest BCUT2D eigenvalue weighted by molar-refractivity contribution is 0.0215. The summed E-state index contributed by atoms with van der Waals surface area (Å²) in [6.07, 6.45) is 3.31. The lowest BCUT2D eigenvalue weighted by atomic mass is 10.1. The summed E-state index contributed by atoms with van der Waals surface area (Å²) in [5.41, 5.74) is 0.501. The van der Waals surface area contributed by atoms with E-state index in [-0.39, 0.29) is 11.7 Å². The zero-order chi connectivity index (χ0) is 13.8. The van der Waals surface area contributed by atoms with Gasteiger partial charge in [0.05, 0.1) is 17.4 Å². The maximum Gasteiger partial charge on any atom is 0.337 e. The fourth-order valence-electron chi connectivity index (χ4n) is 2.37. The fourth-order valence-corrected chi connectivity index (χ4v) is 2.37. The van der Waals surface area contributed by atoms with Gasteiger partial charge in [-0.3, -0.25) is 0 Å². The first kappa shape index (κ1) is 13.8. The first-order valence-corrected chi connectivity index (χ1v) is 6.43. The Balaban J connectivity index is 2.13. The molecule has 5 heteroatoms. The molecule has 1 fully saturated rings. The van der Waals surface area contributed by atoms with E-state index in [1.54, 1.807) is 7.05 Å². The average molecular weight is 267 g/mol. The van der Waals surface area contributed by atoms with Crippen LogP contribution in [-0.2, 0) is 4.74 Å². The zero-order valence-corrected chi connectivity index (χ0v) is 10.9. The van der Waals surface area contributed by atoms with Gasteiger partial charge in [0.25, 0.3) is 0 Å². The Bertz CT molecular complexity index is 458. The standard InChI is InChI=1S/C14H18FNO3/c1-16(9-11-4-2-3-7-19-11)13-6-5-10(15)8-12(13)14(17)18/h5-6,8,11H,2-4,7,9H2,1H3,(H,17,18). The first-order valence-electron chi connectivity index (χ1n) is 6.43. The molecule has 1 aliphatic heterocycles. The summed E-state index contributed by atoms with van der Waals surface area (Å²) in [5, 5.41) is 9.12. The maximum atomic E-state index is 13.1. The van der Waals surface area contributed by atoms with Crippen molar-refractivity contribution < 1.29 is 19.0 Å². The van der Waals surface area contributed by atoms with Crippen LogP contribution < -0.4 is 4.90 Å². The van der Waals surface area contributed by atoms with Crippen LogP contribution in [-0.4, -0.2) is 37.4 Å². The molecule has 1 aromatic rings. The number of anilines is 1. The lowest BCUT2D eigenvalue weighted by Gasteiger charge is -2.29. The van der Waals surface area contributed by atoms with Gasteiger partial charge in [-0.25, -0.2) is 9.18 Å². The summed E-state index contributed by atoms with van der Waals surface area (Å²) >= 11 is 0. The Hall–Kier alpha value is -1.62. The van der Waals surface area contributed by atoms with E-state index < -0.39 is 11.8 Å². The van der Waals surface area contributed by atoms with Gasteiger partial charge in [0.1, 0.15) is 5.82 Å². The highest BCUT2D eigenvalue weighted by atomic mass is 19.1. The van der Waals surface area contributed by atoms with Crippen LogP contribution in [0.25, 0.3) is 0 Å². The van der Waals surface area contributed by atoms with Crippen molar-refractivity contribution in [2.75, 3.05) is 25.1 Å². The van der Waals surface area contributed by atoms with Crippen LogP contribution in [0.2, 0.25) is 0 Å². The van der Waals surface area contributed by atoms with E-state index in [0.29, 0.717) is 12.2 Å². The Morgan fingerprint density at radius 3 is 2.95 bits per heavy atom. The van der Waals surface area contributed by atoms with Crippen LogP contribution in [0.5, 0.6) is 0 Å². The predicted molar refractivity (Wildman–Crippen MR) is 70.2 cm³/mol. The highest BCUT2D eigenvalue weighted by Gasteiger charge is 2.19. The van der Waals surface area contributed by atoms with Gasteiger partial charge >= 0.3 is 5.97 Å². The second kappa shape index (κ2) is 6.02. The van der Waals surface area contributed by atoms with Gasteiger partial charge < -0.3 is 14.7 Å². The van der Waals surface area contributed by atoms with Gasteiger partial charge in [0, 0.05) is 20.2 Å². The van der Waals surface area contributed by atoms with E-state index >= 15 is 0 Å². The quantitative estimate of drug-likeness (QED) is 0.910. The molecule has 1 aromatic carbocycles. The van der Waals surface area contributed by atoms with Crippen molar-refractivity contribution in [3.63, 3.8) is 0 Å². The molecular formula is C14H18FNO3. The van der Waals surface area contributed by atoms with Crippen LogP contribution in [0, 0.1) is 5.82 Å². The molecule has 104 valence electrons. The van der Waals surface area contributed by atoms with Crippen molar-refractivity contribution in [3.05, 3.63) is 29.6 Å². The number of rotatable bonds is 4. The molecule has 19 heavy (non-hydrogen) atoms. The third-order valence-electron chi connectivity index (χ3n) is 3.35. The van der Waals surface area contributed by atoms with Crippen LogP contribution >= 0.6 is 0 Å². The Morgan fingerprint density at radius 2 is 2.32 bits per heavy atom. The predicted octanol–water partition coefficient (Wildman–Crippen LogP) is 2.53. The Morgan fingerprint density at radius 1 is 1.53 bits per heavy atom. The van der Waals surface area contributed by atoms with Crippen LogP contribution in [0.4, 0.5) is 10.1 Å². The monoisotopic (exact) mass is 267 g/mol. The Labute approximate surface area is 111 Å². The third-order valence-corrected chi connectivity index (χ3v) is 3.35. The number of halogens is 1. The van der Waals surface area contributed by atoms with Crippen LogP contribution in [0.3, 0.4) is 0 Å². The highest BCUT2D eigenvalue weighted by molar-refractivity contribution is 5.94. The molecule has 0 saturated carbocycles. The molecule has 1 saturated heterocycles. The maximum absolute atomic E-state index is 13.1. The van der Waals surface area contributed by atoms with E-state index in [1.807, 2.05) is 4.90 Å². The number of carboxylic acids is 1. The Kier molecular flexibility index (Phi) is 4.37. The third kappa shape index (κ3) is 3.44. The van der Waals surface area contributed by atoms with Gasteiger partial charge in [0.15, 0.2) is 0 Å². The number of likely N-dealkylation sites (N-methyl/N-ethyl adjacent to an activating group) is 1. The minimum Gasteiger partial charge on any atom is -0.478 e. The molecule has 0 spiro atoms. The minimum absolute atomic E-state index is 0.0155. The minimum atomic E-state index is -1.12.